The molecule has 0 unspecified atom stereocenters. The first-order valence-electron chi connectivity index (χ1n) is 10.1. The van der Waals surface area contributed by atoms with Crippen LogP contribution >= 0.6 is 0 Å². The second-order valence-electron chi connectivity index (χ2n) is 7.25. The zero-order chi connectivity index (χ0) is 19.9. The van der Waals surface area contributed by atoms with Crippen molar-refractivity contribution in [1.29, 1.82) is 0 Å². The number of nitrogens with one attached hydrogen (secondary N) is 2. The fourth-order valence-electron chi connectivity index (χ4n) is 3.59. The van der Waals surface area contributed by atoms with Crippen molar-refractivity contribution in [2.75, 3.05) is 23.3 Å². The first-order chi connectivity index (χ1) is 14.3. The summed E-state index contributed by atoms with van der Waals surface area (Å²) in [7, 11) is 0. The molecule has 0 bridgehead atoms. The molecule has 150 valence electrons. The largest absolute Gasteiger partial charge is 0.356 e. The van der Waals surface area contributed by atoms with E-state index in [1.54, 1.807) is 10.9 Å². The van der Waals surface area contributed by atoms with Crippen LogP contribution in [-0.2, 0) is 13.1 Å². The molecule has 0 atom stereocenters. The first kappa shape index (κ1) is 19.0. The van der Waals surface area contributed by atoms with Gasteiger partial charge in [-0.05, 0) is 30.9 Å². The molecule has 4 rings (SSSR count). The van der Waals surface area contributed by atoms with Crippen molar-refractivity contribution in [1.82, 2.24) is 20.1 Å². The molecule has 1 fully saturated rings. The molecule has 2 amide bonds. The van der Waals surface area contributed by atoms with E-state index in [0.29, 0.717) is 18.8 Å². The molecule has 7 nitrogen and oxygen atoms in total. The maximum absolute atomic E-state index is 12.3. The van der Waals surface area contributed by atoms with E-state index in [0.717, 1.165) is 30.0 Å². The lowest BCUT2D eigenvalue weighted by atomic mass is 10.1. The fraction of sp³-hybridized carbons (Fsp3) is 0.318. The lowest BCUT2D eigenvalue weighted by Crippen LogP contribution is -2.33. The van der Waals surface area contributed by atoms with E-state index < -0.39 is 0 Å². The standard InChI is InChI=1S/C22H26N6O/c29-22(26-20-15-25-28(17-20)16-18-8-3-1-4-9-18)24-14-19-10-7-11-23-21(19)27-12-5-2-6-13-27/h1,3-4,7-11,15,17H,2,5-6,12-14,16H2,(H2,24,26,29). The van der Waals surface area contributed by atoms with Gasteiger partial charge in [0.2, 0.25) is 0 Å². The Kier molecular flexibility index (Phi) is 6.04. The highest BCUT2D eigenvalue weighted by atomic mass is 16.2. The summed E-state index contributed by atoms with van der Waals surface area (Å²) in [5, 5.41) is 10.1. The highest BCUT2D eigenvalue weighted by Crippen LogP contribution is 2.21. The quantitative estimate of drug-likeness (QED) is 0.674. The second kappa shape index (κ2) is 9.23. The van der Waals surface area contributed by atoms with Crippen molar-refractivity contribution >= 4 is 17.5 Å². The van der Waals surface area contributed by atoms with E-state index in [2.05, 4.69) is 37.7 Å². The van der Waals surface area contributed by atoms with Crippen LogP contribution in [0.2, 0.25) is 0 Å². The van der Waals surface area contributed by atoms with Crippen molar-refractivity contribution in [2.45, 2.75) is 32.4 Å². The molecular formula is C22H26N6O. The molecule has 0 aliphatic carbocycles. The van der Waals surface area contributed by atoms with Gasteiger partial charge in [-0.15, -0.1) is 0 Å². The topological polar surface area (TPSA) is 75.1 Å². The smallest absolute Gasteiger partial charge is 0.319 e. The number of hydrogen-bond donors (Lipinski definition) is 2. The van der Waals surface area contributed by atoms with Crippen LogP contribution in [0, 0.1) is 0 Å². The Morgan fingerprint density at radius 1 is 1.03 bits per heavy atom. The SMILES string of the molecule is O=C(NCc1cccnc1N1CCCCC1)Nc1cnn(Cc2ccccc2)c1. The third-order valence-electron chi connectivity index (χ3n) is 5.04. The number of rotatable bonds is 6. The van der Waals surface area contributed by atoms with Crippen LogP contribution in [0.5, 0.6) is 0 Å². The average Bonchev–Trinajstić information content (AvgIpc) is 3.20. The summed E-state index contributed by atoms with van der Waals surface area (Å²) >= 11 is 0. The number of carbonyl (C=O) groups excluding carboxylic acids is 1. The Bertz CT molecular complexity index is 933. The van der Waals surface area contributed by atoms with Crippen molar-refractivity contribution < 1.29 is 4.79 Å². The fourth-order valence-corrected chi connectivity index (χ4v) is 3.59. The Morgan fingerprint density at radius 2 is 1.86 bits per heavy atom. The first-order valence-corrected chi connectivity index (χ1v) is 10.1. The molecule has 3 heterocycles. The van der Waals surface area contributed by atoms with Gasteiger partial charge < -0.3 is 15.5 Å². The molecule has 1 saturated heterocycles. The molecule has 1 aliphatic rings. The van der Waals surface area contributed by atoms with Crippen molar-refractivity contribution in [3.05, 3.63) is 72.2 Å². The van der Waals surface area contributed by atoms with Crippen LogP contribution in [0.4, 0.5) is 16.3 Å². The van der Waals surface area contributed by atoms with E-state index >= 15 is 0 Å². The highest BCUT2D eigenvalue weighted by molar-refractivity contribution is 5.88. The summed E-state index contributed by atoms with van der Waals surface area (Å²) in [5.74, 6) is 0.975. The Hall–Kier alpha value is -3.35. The number of anilines is 2. The number of urea groups is 1. The Balaban J connectivity index is 1.32. The van der Waals surface area contributed by atoms with E-state index in [9.17, 15) is 4.79 Å². The summed E-state index contributed by atoms with van der Waals surface area (Å²) in [4.78, 5) is 19.2. The normalized spacial score (nSPS) is 13.9. The minimum absolute atomic E-state index is 0.252. The van der Waals surface area contributed by atoms with E-state index in [1.165, 1.54) is 19.3 Å². The number of benzene rings is 1. The minimum Gasteiger partial charge on any atom is -0.356 e. The van der Waals surface area contributed by atoms with Crippen LogP contribution in [0.25, 0.3) is 0 Å². The Morgan fingerprint density at radius 3 is 2.69 bits per heavy atom. The van der Waals surface area contributed by atoms with E-state index in [4.69, 9.17) is 0 Å². The number of hydrogen-bond acceptors (Lipinski definition) is 4. The summed E-state index contributed by atoms with van der Waals surface area (Å²) in [6.45, 7) is 3.15. The molecule has 3 aromatic rings. The van der Waals surface area contributed by atoms with Crippen LogP contribution < -0.4 is 15.5 Å². The molecule has 2 aromatic heterocycles. The number of aromatic nitrogens is 3. The van der Waals surface area contributed by atoms with Gasteiger partial charge in [0.05, 0.1) is 18.4 Å². The zero-order valence-corrected chi connectivity index (χ0v) is 16.4. The molecule has 2 N–H and O–H groups in total. The minimum atomic E-state index is -0.252. The average molecular weight is 390 g/mol. The molecule has 0 saturated carbocycles. The van der Waals surface area contributed by atoms with Gasteiger partial charge in [-0.25, -0.2) is 9.78 Å². The van der Waals surface area contributed by atoms with Gasteiger partial charge in [0.1, 0.15) is 5.82 Å². The van der Waals surface area contributed by atoms with Gasteiger partial charge in [-0.2, -0.15) is 5.10 Å². The highest BCUT2D eigenvalue weighted by Gasteiger charge is 2.16. The van der Waals surface area contributed by atoms with E-state index in [-0.39, 0.29) is 6.03 Å². The lowest BCUT2D eigenvalue weighted by molar-refractivity contribution is 0.251. The molecule has 0 spiro atoms. The summed E-state index contributed by atoms with van der Waals surface area (Å²) < 4.78 is 1.81. The van der Waals surface area contributed by atoms with Gasteiger partial charge in [0.15, 0.2) is 0 Å². The molecule has 1 aromatic carbocycles. The summed E-state index contributed by atoms with van der Waals surface area (Å²) in [6, 6.07) is 13.8. The maximum Gasteiger partial charge on any atom is 0.319 e. The van der Waals surface area contributed by atoms with Crippen LogP contribution in [0.1, 0.15) is 30.4 Å². The van der Waals surface area contributed by atoms with Crippen LogP contribution in [0.15, 0.2) is 61.1 Å². The third kappa shape index (κ3) is 5.13. The van der Waals surface area contributed by atoms with Crippen LogP contribution in [-0.4, -0.2) is 33.9 Å². The Labute approximate surface area is 170 Å². The molecule has 29 heavy (non-hydrogen) atoms. The molecule has 1 aliphatic heterocycles. The van der Waals surface area contributed by atoms with Gasteiger partial charge in [-0.1, -0.05) is 36.4 Å². The number of carbonyl (C=O) groups is 1. The summed E-state index contributed by atoms with van der Waals surface area (Å²) in [6.07, 6.45) is 8.96. The van der Waals surface area contributed by atoms with Crippen molar-refractivity contribution in [2.24, 2.45) is 0 Å². The summed E-state index contributed by atoms with van der Waals surface area (Å²) in [5.41, 5.74) is 2.86. The molecule has 7 heteroatoms. The number of piperidine rings is 1. The number of nitrogens with zero attached hydrogens (tertiary/aromatic N) is 4. The maximum atomic E-state index is 12.3. The third-order valence-corrected chi connectivity index (χ3v) is 5.04. The van der Waals surface area contributed by atoms with Gasteiger partial charge in [0.25, 0.3) is 0 Å². The molecule has 0 radical (unpaired) electrons. The van der Waals surface area contributed by atoms with Gasteiger partial charge in [0, 0.05) is 37.6 Å². The number of pyridine rings is 1. The molecular weight excluding hydrogens is 364 g/mol. The van der Waals surface area contributed by atoms with Crippen molar-refractivity contribution in [3.63, 3.8) is 0 Å². The number of amides is 2. The predicted octanol–water partition coefficient (Wildman–Crippen LogP) is 3.64. The monoisotopic (exact) mass is 390 g/mol. The lowest BCUT2D eigenvalue weighted by Gasteiger charge is -2.29. The zero-order valence-electron chi connectivity index (χ0n) is 16.4. The van der Waals surface area contributed by atoms with Gasteiger partial charge in [-0.3, -0.25) is 4.68 Å². The second-order valence-corrected chi connectivity index (χ2v) is 7.25. The van der Waals surface area contributed by atoms with Crippen LogP contribution in [0.3, 0.4) is 0 Å². The van der Waals surface area contributed by atoms with Crippen molar-refractivity contribution in [3.8, 4) is 0 Å². The van der Waals surface area contributed by atoms with E-state index in [1.807, 2.05) is 42.7 Å². The van der Waals surface area contributed by atoms with Gasteiger partial charge >= 0.3 is 6.03 Å². The predicted molar refractivity (Wildman–Crippen MR) is 114 cm³/mol.